The highest BCUT2D eigenvalue weighted by molar-refractivity contribution is 5.90. The van der Waals surface area contributed by atoms with Crippen LogP contribution in [0.5, 0.6) is 11.5 Å². The van der Waals surface area contributed by atoms with Gasteiger partial charge in [0.15, 0.2) is 0 Å². The molecule has 6 nitrogen and oxygen atoms in total. The number of aromatic hydroxyl groups is 2. The van der Waals surface area contributed by atoms with Crippen molar-refractivity contribution in [2.45, 2.75) is 19.4 Å². The second-order valence-electron chi connectivity index (χ2n) is 4.37. The Morgan fingerprint density at radius 3 is 2.63 bits per heavy atom. The molecule has 2 aromatic rings. The number of phenols is 2. The monoisotopic (exact) mass is 266 g/mol. The Morgan fingerprint density at radius 1 is 1.32 bits per heavy atom. The molecule has 0 bridgehead atoms. The molecule has 4 N–H and O–H groups in total. The van der Waals surface area contributed by atoms with E-state index in [2.05, 4.69) is 0 Å². The van der Waals surface area contributed by atoms with Crippen LogP contribution in [0.3, 0.4) is 0 Å². The summed E-state index contributed by atoms with van der Waals surface area (Å²) in [6.45, 7) is 1.03. The smallest absolute Gasteiger partial charge is 0.347 e. The van der Waals surface area contributed by atoms with Gasteiger partial charge in [0.25, 0.3) is 0 Å². The molecule has 0 spiro atoms. The molecule has 2 rings (SSSR count). The number of hydrogen-bond donors (Lipinski definition) is 4. The maximum absolute atomic E-state index is 11.8. The molecule has 1 aromatic heterocycles. The lowest BCUT2D eigenvalue weighted by atomic mass is 10.1. The van der Waals surface area contributed by atoms with E-state index in [-0.39, 0.29) is 34.6 Å². The molecule has 0 fully saturated rings. The van der Waals surface area contributed by atoms with Crippen LogP contribution in [0.2, 0.25) is 0 Å². The largest absolute Gasteiger partial charge is 0.508 e. The summed E-state index contributed by atoms with van der Waals surface area (Å²) < 4.78 is 4.97. The van der Waals surface area contributed by atoms with Gasteiger partial charge in [-0.2, -0.15) is 0 Å². The van der Waals surface area contributed by atoms with Gasteiger partial charge in [0, 0.05) is 12.0 Å². The molecular weight excluding hydrogens is 252 g/mol. The Labute approximate surface area is 108 Å². The zero-order valence-electron chi connectivity index (χ0n) is 10.3. The van der Waals surface area contributed by atoms with E-state index in [1.165, 1.54) is 19.1 Å². The van der Waals surface area contributed by atoms with E-state index in [4.69, 9.17) is 9.52 Å². The van der Waals surface area contributed by atoms with Crippen molar-refractivity contribution in [2.24, 2.45) is 0 Å². The predicted molar refractivity (Wildman–Crippen MR) is 67.3 cm³/mol. The molecular formula is C13H14O6. The minimum absolute atomic E-state index is 0.0162. The molecule has 6 heteroatoms. The van der Waals surface area contributed by atoms with Gasteiger partial charge in [-0.25, -0.2) is 4.79 Å². The second kappa shape index (κ2) is 4.91. The number of rotatable bonds is 3. The number of hydrogen-bond acceptors (Lipinski definition) is 6. The third-order valence-electron chi connectivity index (χ3n) is 2.95. The third-order valence-corrected chi connectivity index (χ3v) is 2.95. The molecule has 1 heterocycles. The number of fused-ring (bicyclic) bond motifs is 1. The zero-order valence-corrected chi connectivity index (χ0v) is 10.3. The van der Waals surface area contributed by atoms with Crippen molar-refractivity contribution >= 4 is 10.8 Å². The van der Waals surface area contributed by atoms with Crippen LogP contribution in [-0.2, 0) is 6.42 Å². The Balaban J connectivity index is 2.64. The summed E-state index contributed by atoms with van der Waals surface area (Å²) >= 11 is 0. The van der Waals surface area contributed by atoms with Crippen molar-refractivity contribution in [1.29, 1.82) is 0 Å². The Morgan fingerprint density at radius 2 is 2.00 bits per heavy atom. The van der Waals surface area contributed by atoms with Gasteiger partial charge in [-0.1, -0.05) is 0 Å². The van der Waals surface area contributed by atoms with E-state index in [0.29, 0.717) is 5.39 Å². The SMILES string of the molecule is Cc1c(O)cc2cc(C[C@@H](O)CO)oc(=O)c2c1O. The molecule has 0 aliphatic rings. The third kappa shape index (κ3) is 2.40. The van der Waals surface area contributed by atoms with Crippen LogP contribution in [0.25, 0.3) is 10.8 Å². The molecule has 19 heavy (non-hydrogen) atoms. The lowest BCUT2D eigenvalue weighted by Crippen LogP contribution is -2.16. The molecule has 0 saturated carbocycles. The zero-order chi connectivity index (χ0) is 14.2. The average Bonchev–Trinajstić information content (AvgIpc) is 2.35. The van der Waals surface area contributed by atoms with E-state index in [1.807, 2.05) is 0 Å². The second-order valence-corrected chi connectivity index (χ2v) is 4.37. The Kier molecular flexibility index (Phi) is 3.46. The summed E-state index contributed by atoms with van der Waals surface area (Å²) in [6, 6.07) is 2.78. The van der Waals surface area contributed by atoms with Crippen molar-refractivity contribution in [1.82, 2.24) is 0 Å². The molecule has 0 aliphatic heterocycles. The van der Waals surface area contributed by atoms with Crippen LogP contribution in [0, 0.1) is 6.92 Å². The van der Waals surface area contributed by atoms with Crippen LogP contribution in [0.1, 0.15) is 11.3 Å². The van der Waals surface area contributed by atoms with Crippen LogP contribution in [0.4, 0.5) is 0 Å². The van der Waals surface area contributed by atoms with Crippen LogP contribution in [0.15, 0.2) is 21.3 Å². The summed E-state index contributed by atoms with van der Waals surface area (Å²) in [5.41, 5.74) is -0.554. The van der Waals surface area contributed by atoms with Crippen molar-refractivity contribution in [3.63, 3.8) is 0 Å². The fourth-order valence-electron chi connectivity index (χ4n) is 1.87. The number of aliphatic hydroxyl groups excluding tert-OH is 2. The van der Waals surface area contributed by atoms with E-state index < -0.39 is 18.3 Å². The van der Waals surface area contributed by atoms with E-state index in [0.717, 1.165) is 0 Å². The first kappa shape index (κ1) is 13.4. The molecule has 0 unspecified atom stereocenters. The first-order chi connectivity index (χ1) is 8.93. The summed E-state index contributed by atoms with van der Waals surface area (Å²) in [5, 5.41) is 37.8. The van der Waals surface area contributed by atoms with E-state index in [1.54, 1.807) is 0 Å². The van der Waals surface area contributed by atoms with Crippen LogP contribution >= 0.6 is 0 Å². The number of benzene rings is 1. The van der Waals surface area contributed by atoms with Gasteiger partial charge in [0.1, 0.15) is 22.6 Å². The fourth-order valence-corrected chi connectivity index (χ4v) is 1.87. The summed E-state index contributed by atoms with van der Waals surface area (Å²) in [7, 11) is 0. The van der Waals surface area contributed by atoms with Gasteiger partial charge in [0.05, 0.1) is 12.7 Å². The minimum atomic E-state index is -1.03. The van der Waals surface area contributed by atoms with Crippen LogP contribution in [-0.4, -0.2) is 33.1 Å². The Bertz CT molecular complexity index is 673. The van der Waals surface area contributed by atoms with Crippen molar-refractivity contribution in [3.05, 3.63) is 33.9 Å². The standard InChI is InChI=1S/C13H14O6/c1-6-10(16)3-7-2-9(4-8(15)5-14)19-13(18)11(7)12(6)17/h2-3,8,14-17H,4-5H2,1H3/t8-/m1/s1. The fraction of sp³-hybridized carbons (Fsp3) is 0.308. The van der Waals surface area contributed by atoms with Gasteiger partial charge < -0.3 is 24.8 Å². The van der Waals surface area contributed by atoms with E-state index in [9.17, 15) is 20.1 Å². The molecule has 0 radical (unpaired) electrons. The maximum atomic E-state index is 11.8. The summed E-state index contributed by atoms with van der Waals surface area (Å²) in [4.78, 5) is 11.8. The minimum Gasteiger partial charge on any atom is -0.508 e. The molecule has 0 saturated heterocycles. The van der Waals surface area contributed by atoms with Gasteiger partial charge in [-0.15, -0.1) is 0 Å². The summed E-state index contributed by atoms with van der Waals surface area (Å²) in [6.07, 6.45) is -1.06. The van der Waals surface area contributed by atoms with Crippen LogP contribution < -0.4 is 5.63 Å². The summed E-state index contributed by atoms with van der Waals surface area (Å²) in [5.74, 6) is -0.288. The lowest BCUT2D eigenvalue weighted by molar-refractivity contribution is 0.0905. The highest BCUT2D eigenvalue weighted by Crippen LogP contribution is 2.33. The maximum Gasteiger partial charge on any atom is 0.347 e. The molecule has 0 amide bonds. The average molecular weight is 266 g/mol. The van der Waals surface area contributed by atoms with Crippen molar-refractivity contribution in [2.75, 3.05) is 6.61 Å². The van der Waals surface area contributed by atoms with Crippen molar-refractivity contribution in [3.8, 4) is 11.5 Å². The lowest BCUT2D eigenvalue weighted by Gasteiger charge is -2.09. The normalized spacial score (nSPS) is 12.8. The molecule has 1 atom stereocenters. The molecule has 102 valence electrons. The first-order valence-corrected chi connectivity index (χ1v) is 5.71. The van der Waals surface area contributed by atoms with Crippen molar-refractivity contribution < 1.29 is 24.8 Å². The highest BCUT2D eigenvalue weighted by atomic mass is 16.4. The van der Waals surface area contributed by atoms with Gasteiger partial charge in [-0.05, 0) is 24.4 Å². The Hall–Kier alpha value is -2.05. The molecule has 0 aliphatic carbocycles. The first-order valence-electron chi connectivity index (χ1n) is 5.71. The predicted octanol–water partition coefficient (Wildman–Crippen LogP) is 0.408. The quantitative estimate of drug-likeness (QED) is 0.640. The number of aliphatic hydroxyl groups is 2. The number of phenolic OH excluding ortho intramolecular Hbond substituents is 2. The topological polar surface area (TPSA) is 111 Å². The molecule has 1 aromatic carbocycles. The van der Waals surface area contributed by atoms with Gasteiger partial charge >= 0.3 is 5.63 Å². The van der Waals surface area contributed by atoms with Gasteiger partial charge in [0.2, 0.25) is 0 Å². The van der Waals surface area contributed by atoms with E-state index >= 15 is 0 Å². The highest BCUT2D eigenvalue weighted by Gasteiger charge is 2.15. The van der Waals surface area contributed by atoms with Gasteiger partial charge in [-0.3, -0.25) is 0 Å².